The van der Waals surface area contributed by atoms with Gasteiger partial charge in [0.05, 0.1) is 12.1 Å². The molecule has 2 rings (SSSR count). The molecule has 0 saturated carbocycles. The standard InChI is InChI=1S/C13H21N3O3/c1-8(17)15-12-10(14)6-9(13(18)19)7-11(12)16-4-2-3-5-16/h7,10-12H,2-6,14H2,1H3,(H,15,17)(H,18,19)/t10-,11+,12+/m0/s1. The first-order chi connectivity index (χ1) is 8.99. The molecule has 0 unspecified atom stereocenters. The van der Waals surface area contributed by atoms with Gasteiger partial charge in [-0.15, -0.1) is 0 Å². The average molecular weight is 267 g/mol. The molecular formula is C13H21N3O3. The number of hydrogen-bond acceptors (Lipinski definition) is 4. The van der Waals surface area contributed by atoms with Gasteiger partial charge in [0.15, 0.2) is 0 Å². The van der Waals surface area contributed by atoms with Gasteiger partial charge in [0.2, 0.25) is 5.91 Å². The van der Waals surface area contributed by atoms with Crippen LogP contribution in [-0.4, -0.2) is 53.1 Å². The number of aliphatic carboxylic acids is 1. The van der Waals surface area contributed by atoms with Crippen LogP contribution in [0, 0.1) is 0 Å². The summed E-state index contributed by atoms with van der Waals surface area (Å²) in [6.07, 6.45) is 4.27. The number of carboxylic acids is 1. The Morgan fingerprint density at radius 3 is 2.58 bits per heavy atom. The Labute approximate surface area is 112 Å². The summed E-state index contributed by atoms with van der Waals surface area (Å²) in [5, 5.41) is 12.0. The number of carboxylic acid groups (broad SMARTS) is 1. The number of rotatable bonds is 3. The summed E-state index contributed by atoms with van der Waals surface area (Å²) >= 11 is 0. The maximum Gasteiger partial charge on any atom is 0.331 e. The Morgan fingerprint density at radius 2 is 2.05 bits per heavy atom. The number of nitrogens with two attached hydrogens (primary N) is 1. The summed E-state index contributed by atoms with van der Waals surface area (Å²) in [5.74, 6) is -1.04. The predicted molar refractivity (Wildman–Crippen MR) is 70.5 cm³/mol. The molecule has 6 nitrogen and oxygen atoms in total. The van der Waals surface area contributed by atoms with E-state index >= 15 is 0 Å². The van der Waals surface area contributed by atoms with E-state index in [4.69, 9.17) is 10.8 Å². The van der Waals surface area contributed by atoms with E-state index in [9.17, 15) is 9.59 Å². The summed E-state index contributed by atoms with van der Waals surface area (Å²) in [6.45, 7) is 3.32. The maximum atomic E-state index is 11.3. The van der Waals surface area contributed by atoms with Crippen molar-refractivity contribution in [2.45, 2.75) is 44.3 Å². The van der Waals surface area contributed by atoms with Crippen LogP contribution in [0.5, 0.6) is 0 Å². The molecule has 1 heterocycles. The fourth-order valence-electron chi connectivity index (χ4n) is 2.97. The molecule has 0 aromatic rings. The lowest BCUT2D eigenvalue weighted by atomic mass is 9.86. The quantitative estimate of drug-likeness (QED) is 0.652. The van der Waals surface area contributed by atoms with E-state index in [0.29, 0.717) is 12.0 Å². The van der Waals surface area contributed by atoms with Crippen molar-refractivity contribution in [1.29, 1.82) is 0 Å². The molecule has 1 aliphatic heterocycles. The molecule has 0 aromatic carbocycles. The Bertz CT molecular complexity index is 402. The molecule has 0 aromatic heterocycles. The number of nitrogens with zero attached hydrogens (tertiary/aromatic N) is 1. The predicted octanol–water partition coefficient (Wildman–Crippen LogP) is -0.302. The first-order valence-electron chi connectivity index (χ1n) is 6.69. The zero-order chi connectivity index (χ0) is 14.0. The topological polar surface area (TPSA) is 95.7 Å². The number of carbonyl (C=O) groups is 2. The van der Waals surface area contributed by atoms with Crippen molar-refractivity contribution < 1.29 is 14.7 Å². The number of carbonyl (C=O) groups excluding carboxylic acids is 1. The summed E-state index contributed by atoms with van der Waals surface area (Å²) < 4.78 is 0. The van der Waals surface area contributed by atoms with Crippen LogP contribution in [0.2, 0.25) is 0 Å². The third-order valence-electron chi connectivity index (χ3n) is 3.86. The van der Waals surface area contributed by atoms with E-state index in [1.54, 1.807) is 6.08 Å². The van der Waals surface area contributed by atoms with Crippen molar-refractivity contribution in [1.82, 2.24) is 10.2 Å². The van der Waals surface area contributed by atoms with Crippen LogP contribution in [0.1, 0.15) is 26.2 Å². The van der Waals surface area contributed by atoms with Crippen molar-refractivity contribution in [3.63, 3.8) is 0 Å². The minimum absolute atomic E-state index is 0.110. The third-order valence-corrected chi connectivity index (χ3v) is 3.86. The summed E-state index contributed by atoms with van der Waals surface area (Å²) in [7, 11) is 0. The molecule has 19 heavy (non-hydrogen) atoms. The minimum atomic E-state index is -0.916. The van der Waals surface area contributed by atoms with Crippen molar-refractivity contribution in [3.8, 4) is 0 Å². The number of hydrogen-bond donors (Lipinski definition) is 3. The van der Waals surface area contributed by atoms with Crippen LogP contribution in [0.25, 0.3) is 0 Å². The van der Waals surface area contributed by atoms with E-state index in [-0.39, 0.29) is 24.0 Å². The second kappa shape index (κ2) is 5.71. The van der Waals surface area contributed by atoms with E-state index < -0.39 is 5.97 Å². The van der Waals surface area contributed by atoms with Crippen LogP contribution >= 0.6 is 0 Å². The van der Waals surface area contributed by atoms with Gasteiger partial charge in [-0.2, -0.15) is 0 Å². The zero-order valence-corrected chi connectivity index (χ0v) is 11.1. The van der Waals surface area contributed by atoms with Gasteiger partial charge in [0.25, 0.3) is 0 Å². The molecule has 6 heteroatoms. The second-order valence-corrected chi connectivity index (χ2v) is 5.33. The molecule has 3 atom stereocenters. The molecule has 2 aliphatic rings. The molecule has 0 bridgehead atoms. The van der Waals surface area contributed by atoms with Crippen LogP contribution < -0.4 is 11.1 Å². The summed E-state index contributed by atoms with van der Waals surface area (Å²) in [6, 6.07) is -0.675. The first kappa shape index (κ1) is 14.0. The van der Waals surface area contributed by atoms with Crippen molar-refractivity contribution >= 4 is 11.9 Å². The lowest BCUT2D eigenvalue weighted by molar-refractivity contribution is -0.133. The molecule has 4 N–H and O–H groups in total. The molecule has 1 fully saturated rings. The normalized spacial score (nSPS) is 31.9. The minimum Gasteiger partial charge on any atom is -0.478 e. The maximum absolute atomic E-state index is 11.3. The average Bonchev–Trinajstić information content (AvgIpc) is 2.84. The highest BCUT2D eigenvalue weighted by Gasteiger charge is 2.37. The Kier molecular flexibility index (Phi) is 4.21. The van der Waals surface area contributed by atoms with E-state index in [0.717, 1.165) is 25.9 Å². The molecule has 1 aliphatic carbocycles. The van der Waals surface area contributed by atoms with Gasteiger partial charge in [-0.3, -0.25) is 9.69 Å². The first-order valence-corrected chi connectivity index (χ1v) is 6.69. The van der Waals surface area contributed by atoms with Gasteiger partial charge in [-0.05, 0) is 32.4 Å². The highest BCUT2D eigenvalue weighted by molar-refractivity contribution is 5.87. The Hall–Kier alpha value is -1.40. The van der Waals surface area contributed by atoms with E-state index in [1.165, 1.54) is 6.92 Å². The second-order valence-electron chi connectivity index (χ2n) is 5.33. The summed E-state index contributed by atoms with van der Waals surface area (Å²) in [5.41, 5.74) is 6.42. The van der Waals surface area contributed by atoms with Crippen molar-refractivity contribution in [2.24, 2.45) is 5.73 Å². The van der Waals surface area contributed by atoms with E-state index in [1.807, 2.05) is 0 Å². The van der Waals surface area contributed by atoms with Gasteiger partial charge in [0.1, 0.15) is 0 Å². The van der Waals surface area contributed by atoms with Crippen molar-refractivity contribution in [3.05, 3.63) is 11.6 Å². The van der Waals surface area contributed by atoms with Gasteiger partial charge >= 0.3 is 5.97 Å². The monoisotopic (exact) mass is 267 g/mol. The van der Waals surface area contributed by atoms with Gasteiger partial charge in [-0.25, -0.2) is 4.79 Å². The number of likely N-dealkylation sites (tertiary alicyclic amines) is 1. The lowest BCUT2D eigenvalue weighted by Crippen LogP contribution is -2.60. The van der Waals surface area contributed by atoms with E-state index in [2.05, 4.69) is 10.2 Å². The molecule has 106 valence electrons. The number of nitrogens with one attached hydrogen (secondary N) is 1. The molecule has 0 spiro atoms. The van der Waals surface area contributed by atoms with Gasteiger partial charge < -0.3 is 16.2 Å². The molecule has 1 saturated heterocycles. The highest BCUT2D eigenvalue weighted by Crippen LogP contribution is 2.25. The van der Waals surface area contributed by atoms with Crippen molar-refractivity contribution in [2.75, 3.05) is 13.1 Å². The van der Waals surface area contributed by atoms with Crippen LogP contribution in [0.15, 0.2) is 11.6 Å². The lowest BCUT2D eigenvalue weighted by Gasteiger charge is -2.39. The molecule has 0 radical (unpaired) electrons. The van der Waals surface area contributed by atoms with Gasteiger partial charge in [-0.1, -0.05) is 6.08 Å². The SMILES string of the molecule is CC(=O)N[C@H]1[C@H](N2CCCC2)C=C(C(=O)O)C[C@@H]1N. The largest absolute Gasteiger partial charge is 0.478 e. The summed E-state index contributed by atoms with van der Waals surface area (Å²) in [4.78, 5) is 24.7. The fourth-order valence-corrected chi connectivity index (χ4v) is 2.97. The fraction of sp³-hybridized carbons (Fsp3) is 0.692. The smallest absolute Gasteiger partial charge is 0.331 e. The Morgan fingerprint density at radius 1 is 1.42 bits per heavy atom. The third kappa shape index (κ3) is 3.13. The molecular weight excluding hydrogens is 246 g/mol. The zero-order valence-electron chi connectivity index (χ0n) is 11.1. The highest BCUT2D eigenvalue weighted by atomic mass is 16.4. The molecule has 1 amide bonds. The number of amides is 1. The van der Waals surface area contributed by atoms with Crippen LogP contribution in [-0.2, 0) is 9.59 Å². The Balaban J connectivity index is 2.24. The van der Waals surface area contributed by atoms with Crippen LogP contribution in [0.3, 0.4) is 0 Å². The van der Waals surface area contributed by atoms with Gasteiger partial charge in [0, 0.05) is 18.5 Å². The van der Waals surface area contributed by atoms with Crippen LogP contribution in [0.4, 0.5) is 0 Å².